The zero-order valence-electron chi connectivity index (χ0n) is 17.2. The number of rotatable bonds is 6. The van der Waals surface area contributed by atoms with Crippen molar-refractivity contribution in [1.29, 1.82) is 0 Å². The normalized spacial score (nSPS) is 11.7. The molecule has 0 saturated carbocycles. The zero-order chi connectivity index (χ0) is 21.5. The van der Waals surface area contributed by atoms with Gasteiger partial charge in [0, 0.05) is 30.7 Å². The molecule has 8 nitrogen and oxygen atoms in total. The molecule has 0 radical (unpaired) electrons. The van der Waals surface area contributed by atoms with Crippen LogP contribution in [0.15, 0.2) is 53.9 Å². The number of nitrogens with one attached hydrogen (secondary N) is 1. The highest BCUT2D eigenvalue weighted by atomic mass is 32.2. The van der Waals surface area contributed by atoms with Crippen LogP contribution in [0.1, 0.15) is 18.3 Å². The van der Waals surface area contributed by atoms with Crippen LogP contribution in [0.5, 0.6) is 5.75 Å². The van der Waals surface area contributed by atoms with Crippen LogP contribution < -0.4 is 9.46 Å². The third-order valence-electron chi connectivity index (χ3n) is 4.99. The van der Waals surface area contributed by atoms with Crippen molar-refractivity contribution >= 4 is 21.4 Å². The van der Waals surface area contributed by atoms with Gasteiger partial charge < -0.3 is 13.7 Å². The van der Waals surface area contributed by atoms with Gasteiger partial charge in [-0.1, -0.05) is 6.07 Å². The van der Waals surface area contributed by atoms with E-state index in [4.69, 9.17) is 4.74 Å². The van der Waals surface area contributed by atoms with Crippen LogP contribution in [-0.4, -0.2) is 34.5 Å². The molecule has 156 valence electrons. The van der Waals surface area contributed by atoms with Crippen LogP contribution in [-0.2, 0) is 16.6 Å². The number of aromatic nitrogens is 4. The highest BCUT2D eigenvalue weighted by Crippen LogP contribution is 2.32. The van der Waals surface area contributed by atoms with Gasteiger partial charge >= 0.3 is 0 Å². The standard InChI is InChI=1S/C21H23N5O3S/c1-5-25-13-20(22-15(25)3)30(27,28)24-17-11-16(8-9-19(17)29-4)18-12-26-10-6-7-14(2)21(26)23-18/h6-13,24H,5H2,1-4H3. The Morgan fingerprint density at radius 3 is 2.60 bits per heavy atom. The quantitative estimate of drug-likeness (QED) is 0.509. The third kappa shape index (κ3) is 3.52. The van der Waals surface area contributed by atoms with E-state index >= 15 is 0 Å². The summed E-state index contributed by atoms with van der Waals surface area (Å²) in [5, 5.41) is -0.0299. The second-order valence-corrected chi connectivity index (χ2v) is 8.61. The summed E-state index contributed by atoms with van der Waals surface area (Å²) in [5.41, 5.74) is 3.74. The fraction of sp³-hybridized carbons (Fsp3) is 0.238. The van der Waals surface area contributed by atoms with Gasteiger partial charge in [-0.25, -0.2) is 9.97 Å². The monoisotopic (exact) mass is 425 g/mol. The van der Waals surface area contributed by atoms with E-state index in [0.717, 1.165) is 22.5 Å². The molecule has 30 heavy (non-hydrogen) atoms. The number of nitrogens with zero attached hydrogens (tertiary/aromatic N) is 4. The van der Waals surface area contributed by atoms with Crippen molar-refractivity contribution < 1.29 is 13.2 Å². The number of anilines is 1. The molecule has 3 aromatic heterocycles. The molecule has 0 atom stereocenters. The maximum absolute atomic E-state index is 12.9. The Kier molecular flexibility index (Phi) is 4.98. The number of methoxy groups -OCH3 is 1. The molecular weight excluding hydrogens is 402 g/mol. The molecule has 1 N–H and O–H groups in total. The lowest BCUT2D eigenvalue weighted by molar-refractivity contribution is 0.417. The van der Waals surface area contributed by atoms with Gasteiger partial charge in [-0.2, -0.15) is 8.42 Å². The summed E-state index contributed by atoms with van der Waals surface area (Å²) < 4.78 is 37.5. The van der Waals surface area contributed by atoms with Gasteiger partial charge in [-0.05, 0) is 50.6 Å². The van der Waals surface area contributed by atoms with Crippen LogP contribution in [0.4, 0.5) is 5.69 Å². The van der Waals surface area contributed by atoms with Crippen LogP contribution in [0.2, 0.25) is 0 Å². The molecule has 0 bridgehead atoms. The lowest BCUT2D eigenvalue weighted by atomic mass is 10.1. The number of sulfonamides is 1. The van der Waals surface area contributed by atoms with E-state index in [0.29, 0.717) is 23.8 Å². The number of benzene rings is 1. The largest absolute Gasteiger partial charge is 0.495 e. The average molecular weight is 426 g/mol. The second-order valence-electron chi connectivity index (χ2n) is 6.98. The number of imidazole rings is 2. The minimum absolute atomic E-state index is 0.0299. The SMILES string of the molecule is CCn1cc(S(=O)(=O)Nc2cc(-c3cn4cccc(C)c4n3)ccc2OC)nc1C. The average Bonchev–Trinajstić information content (AvgIpc) is 3.32. The van der Waals surface area contributed by atoms with E-state index in [-0.39, 0.29) is 5.03 Å². The molecule has 1 aromatic carbocycles. The second kappa shape index (κ2) is 7.49. The van der Waals surface area contributed by atoms with Crippen molar-refractivity contribution in [2.45, 2.75) is 32.3 Å². The van der Waals surface area contributed by atoms with E-state index in [1.807, 2.05) is 48.8 Å². The van der Waals surface area contributed by atoms with Gasteiger partial charge in [0.15, 0.2) is 5.03 Å². The Bertz CT molecular complexity index is 1340. The van der Waals surface area contributed by atoms with Crippen LogP contribution >= 0.6 is 0 Å². The van der Waals surface area contributed by atoms with E-state index in [1.54, 1.807) is 23.6 Å². The number of pyridine rings is 1. The van der Waals surface area contributed by atoms with Crippen LogP contribution in [0.3, 0.4) is 0 Å². The predicted molar refractivity (Wildman–Crippen MR) is 115 cm³/mol. The Hall–Kier alpha value is -3.33. The molecule has 0 saturated heterocycles. The first-order valence-corrected chi connectivity index (χ1v) is 11.0. The zero-order valence-corrected chi connectivity index (χ0v) is 18.1. The molecule has 9 heteroatoms. The van der Waals surface area contributed by atoms with E-state index in [1.165, 1.54) is 13.3 Å². The minimum Gasteiger partial charge on any atom is -0.495 e. The molecule has 0 amide bonds. The lowest BCUT2D eigenvalue weighted by Gasteiger charge is -2.12. The maximum Gasteiger partial charge on any atom is 0.281 e. The molecule has 0 aliphatic heterocycles. The van der Waals surface area contributed by atoms with Crippen molar-refractivity contribution in [2.24, 2.45) is 0 Å². The molecule has 0 spiro atoms. The fourth-order valence-corrected chi connectivity index (χ4v) is 4.44. The Morgan fingerprint density at radius 1 is 1.13 bits per heavy atom. The van der Waals surface area contributed by atoms with Gasteiger partial charge in [-0.15, -0.1) is 0 Å². The third-order valence-corrected chi connectivity index (χ3v) is 6.22. The number of aryl methyl sites for hydroxylation is 3. The number of fused-ring (bicyclic) bond motifs is 1. The Labute approximate surface area is 175 Å². The van der Waals surface area contributed by atoms with E-state index in [9.17, 15) is 8.42 Å². The van der Waals surface area contributed by atoms with Gasteiger partial charge in [0.2, 0.25) is 0 Å². The number of hydrogen-bond donors (Lipinski definition) is 1. The number of hydrogen-bond acceptors (Lipinski definition) is 5. The summed E-state index contributed by atoms with van der Waals surface area (Å²) in [7, 11) is -2.38. The summed E-state index contributed by atoms with van der Waals surface area (Å²) in [6.45, 7) is 6.34. The summed E-state index contributed by atoms with van der Waals surface area (Å²) >= 11 is 0. The maximum atomic E-state index is 12.9. The van der Waals surface area contributed by atoms with Crippen LogP contribution in [0, 0.1) is 13.8 Å². The Morgan fingerprint density at radius 2 is 1.93 bits per heavy atom. The molecule has 4 aromatic rings. The summed E-state index contributed by atoms with van der Waals surface area (Å²) in [6.07, 6.45) is 5.37. The molecule has 0 unspecified atom stereocenters. The molecule has 4 rings (SSSR count). The summed E-state index contributed by atoms with van der Waals surface area (Å²) in [4.78, 5) is 8.87. The minimum atomic E-state index is -3.88. The first kappa shape index (κ1) is 20.0. The molecule has 0 aliphatic rings. The predicted octanol–water partition coefficient (Wildman–Crippen LogP) is 3.64. The Balaban J connectivity index is 1.74. The lowest BCUT2D eigenvalue weighted by Crippen LogP contribution is -2.14. The van der Waals surface area contributed by atoms with Gasteiger partial charge in [0.05, 0.1) is 18.5 Å². The van der Waals surface area contributed by atoms with Crippen molar-refractivity contribution in [2.75, 3.05) is 11.8 Å². The summed E-state index contributed by atoms with van der Waals surface area (Å²) in [5.74, 6) is 1.05. The van der Waals surface area contributed by atoms with Crippen molar-refractivity contribution in [3.05, 3.63) is 60.3 Å². The van der Waals surface area contributed by atoms with Crippen molar-refractivity contribution in [1.82, 2.24) is 18.9 Å². The van der Waals surface area contributed by atoms with Gasteiger partial charge in [0.1, 0.15) is 17.2 Å². The van der Waals surface area contributed by atoms with Gasteiger partial charge in [0.25, 0.3) is 10.0 Å². The number of ether oxygens (including phenoxy) is 1. The fourth-order valence-electron chi connectivity index (χ4n) is 3.37. The van der Waals surface area contributed by atoms with E-state index in [2.05, 4.69) is 14.7 Å². The molecular formula is C21H23N5O3S. The first-order chi connectivity index (χ1) is 14.3. The summed E-state index contributed by atoms with van der Waals surface area (Å²) in [6, 6.07) is 9.25. The molecule has 0 aliphatic carbocycles. The van der Waals surface area contributed by atoms with Crippen molar-refractivity contribution in [3.63, 3.8) is 0 Å². The van der Waals surface area contributed by atoms with E-state index < -0.39 is 10.0 Å². The van der Waals surface area contributed by atoms with Crippen LogP contribution in [0.25, 0.3) is 16.9 Å². The first-order valence-electron chi connectivity index (χ1n) is 9.51. The molecule has 3 heterocycles. The highest BCUT2D eigenvalue weighted by Gasteiger charge is 2.21. The van der Waals surface area contributed by atoms with Crippen molar-refractivity contribution in [3.8, 4) is 17.0 Å². The topological polar surface area (TPSA) is 90.5 Å². The van der Waals surface area contributed by atoms with Gasteiger partial charge in [-0.3, -0.25) is 4.72 Å². The molecule has 0 fully saturated rings. The highest BCUT2D eigenvalue weighted by molar-refractivity contribution is 7.92. The smallest absolute Gasteiger partial charge is 0.281 e.